The molecule has 3 aliphatic heterocycles. The Hall–Kier alpha value is -3.53. The third-order valence-corrected chi connectivity index (χ3v) is 7.04. The van der Waals surface area contributed by atoms with Crippen LogP contribution in [0.3, 0.4) is 0 Å². The number of nitrogens with zero attached hydrogens (tertiary/aromatic N) is 2. The molecule has 5 rings (SSSR count). The SMILES string of the molecule is CC1=C(C(=O)Nc2ccccc2N2CCCCC2)C(=O)N2NC(C(F)(F)F)C(c3ccccc3)C2N1. The summed E-state index contributed by atoms with van der Waals surface area (Å²) in [6, 6.07) is 13.6. The fourth-order valence-corrected chi connectivity index (χ4v) is 5.34. The molecule has 2 amide bonds. The Kier molecular flexibility index (Phi) is 6.38. The monoisotopic (exact) mass is 499 g/mol. The summed E-state index contributed by atoms with van der Waals surface area (Å²) in [6.45, 7) is 3.28. The van der Waals surface area contributed by atoms with Crippen LogP contribution in [0.25, 0.3) is 0 Å². The van der Waals surface area contributed by atoms with Crippen LogP contribution < -0.4 is 21.0 Å². The van der Waals surface area contributed by atoms with Gasteiger partial charge in [0.2, 0.25) is 0 Å². The van der Waals surface area contributed by atoms with E-state index in [0.29, 0.717) is 11.3 Å². The molecule has 3 heterocycles. The highest BCUT2D eigenvalue weighted by Crippen LogP contribution is 2.41. The van der Waals surface area contributed by atoms with Crippen molar-refractivity contribution in [2.24, 2.45) is 0 Å². The maximum Gasteiger partial charge on any atom is 0.406 e. The molecule has 0 radical (unpaired) electrons. The van der Waals surface area contributed by atoms with Crippen LogP contribution in [0.1, 0.15) is 37.7 Å². The van der Waals surface area contributed by atoms with Crippen LogP contribution in [0, 0.1) is 0 Å². The molecular formula is C26H28F3N5O2. The lowest BCUT2D eigenvalue weighted by atomic mass is 9.89. The van der Waals surface area contributed by atoms with Gasteiger partial charge in [0.15, 0.2) is 0 Å². The topological polar surface area (TPSA) is 76.7 Å². The Morgan fingerprint density at radius 1 is 1.00 bits per heavy atom. The number of fused-ring (bicyclic) bond motifs is 1. The summed E-state index contributed by atoms with van der Waals surface area (Å²) in [7, 11) is 0. The summed E-state index contributed by atoms with van der Waals surface area (Å²) in [5.74, 6) is -2.55. The molecule has 190 valence electrons. The van der Waals surface area contributed by atoms with E-state index in [1.165, 1.54) is 0 Å². The quantitative estimate of drug-likeness (QED) is 0.557. The predicted molar refractivity (Wildman–Crippen MR) is 130 cm³/mol. The number of halogens is 3. The first-order valence-electron chi connectivity index (χ1n) is 12.1. The summed E-state index contributed by atoms with van der Waals surface area (Å²) >= 11 is 0. The van der Waals surface area contributed by atoms with Crippen molar-refractivity contribution in [3.05, 3.63) is 71.4 Å². The smallest absolute Gasteiger partial charge is 0.370 e. The van der Waals surface area contributed by atoms with Crippen LogP contribution in [0.5, 0.6) is 0 Å². The van der Waals surface area contributed by atoms with Crippen LogP contribution >= 0.6 is 0 Å². The number of rotatable bonds is 4. The van der Waals surface area contributed by atoms with Gasteiger partial charge in [-0.25, -0.2) is 10.4 Å². The Morgan fingerprint density at radius 3 is 2.36 bits per heavy atom. The number of carbonyl (C=O) groups excluding carboxylic acids is 2. The van der Waals surface area contributed by atoms with Crippen molar-refractivity contribution in [3.63, 3.8) is 0 Å². The molecule has 3 N–H and O–H groups in total. The second-order valence-corrected chi connectivity index (χ2v) is 9.37. The normalized spacial score (nSPS) is 24.4. The number of nitrogens with one attached hydrogen (secondary N) is 3. The van der Waals surface area contributed by atoms with Crippen molar-refractivity contribution >= 4 is 23.2 Å². The number of carbonyl (C=O) groups is 2. The Labute approximate surface area is 207 Å². The third kappa shape index (κ3) is 4.41. The minimum absolute atomic E-state index is 0.221. The highest BCUT2D eigenvalue weighted by Gasteiger charge is 2.58. The van der Waals surface area contributed by atoms with Crippen LogP contribution in [0.15, 0.2) is 65.9 Å². The summed E-state index contributed by atoms with van der Waals surface area (Å²) in [4.78, 5) is 28.9. The van der Waals surface area contributed by atoms with Gasteiger partial charge in [0.05, 0.1) is 17.3 Å². The molecule has 0 aliphatic carbocycles. The number of anilines is 2. The highest BCUT2D eigenvalue weighted by molar-refractivity contribution is 6.24. The number of alkyl halides is 3. The maximum atomic E-state index is 14.0. The van der Waals surface area contributed by atoms with E-state index in [1.807, 2.05) is 12.1 Å². The first-order valence-corrected chi connectivity index (χ1v) is 12.1. The molecule has 3 unspecified atom stereocenters. The molecule has 2 fully saturated rings. The number of hydrogen-bond donors (Lipinski definition) is 3. The molecule has 3 atom stereocenters. The number of allylic oxidation sites excluding steroid dienone is 1. The molecule has 0 bridgehead atoms. The summed E-state index contributed by atoms with van der Waals surface area (Å²) in [5, 5.41) is 6.74. The Balaban J connectivity index is 1.43. The van der Waals surface area contributed by atoms with Gasteiger partial charge in [0, 0.05) is 18.8 Å². The lowest BCUT2D eigenvalue weighted by Crippen LogP contribution is -2.56. The zero-order valence-electron chi connectivity index (χ0n) is 19.8. The van der Waals surface area contributed by atoms with E-state index in [0.717, 1.165) is 43.0 Å². The fraction of sp³-hybridized carbons (Fsp3) is 0.385. The molecule has 2 saturated heterocycles. The van der Waals surface area contributed by atoms with E-state index in [4.69, 9.17) is 0 Å². The Bertz CT molecular complexity index is 1180. The minimum Gasteiger partial charge on any atom is -0.370 e. The van der Waals surface area contributed by atoms with Crippen LogP contribution in [-0.4, -0.2) is 48.3 Å². The Morgan fingerprint density at radius 2 is 1.67 bits per heavy atom. The lowest BCUT2D eigenvalue weighted by molar-refractivity contribution is -0.161. The standard InChI is InChI=1S/C26H28F3N5O2/c1-16-20(24(35)31-18-12-6-7-13-19(18)33-14-8-3-9-15-33)25(36)34-23(30-16)21(17-10-4-2-5-11-17)22(32-34)26(27,28)29/h2,4-7,10-13,21-23,30,32H,3,8-9,14-15H2,1H3,(H,31,35). The number of piperidine rings is 1. The predicted octanol–water partition coefficient (Wildman–Crippen LogP) is 3.88. The van der Waals surface area contributed by atoms with Gasteiger partial charge in [0.25, 0.3) is 11.8 Å². The van der Waals surface area contributed by atoms with Gasteiger partial charge < -0.3 is 15.5 Å². The van der Waals surface area contributed by atoms with Crippen molar-refractivity contribution < 1.29 is 22.8 Å². The van der Waals surface area contributed by atoms with Gasteiger partial charge in [-0.3, -0.25) is 9.59 Å². The van der Waals surface area contributed by atoms with E-state index in [-0.39, 0.29) is 11.3 Å². The van der Waals surface area contributed by atoms with Crippen LogP contribution in [0.2, 0.25) is 0 Å². The molecule has 10 heteroatoms. The third-order valence-electron chi connectivity index (χ3n) is 7.04. The number of benzene rings is 2. The van der Waals surface area contributed by atoms with Gasteiger partial charge in [-0.1, -0.05) is 42.5 Å². The largest absolute Gasteiger partial charge is 0.406 e. The molecule has 2 aromatic carbocycles. The molecular weight excluding hydrogens is 471 g/mol. The number of para-hydroxylation sites is 2. The van der Waals surface area contributed by atoms with Gasteiger partial charge in [0.1, 0.15) is 17.8 Å². The maximum absolute atomic E-state index is 14.0. The van der Waals surface area contributed by atoms with E-state index >= 15 is 0 Å². The molecule has 2 aromatic rings. The average molecular weight is 500 g/mol. The van der Waals surface area contributed by atoms with E-state index in [2.05, 4.69) is 21.0 Å². The van der Waals surface area contributed by atoms with E-state index in [1.54, 1.807) is 49.4 Å². The van der Waals surface area contributed by atoms with Crippen LogP contribution in [-0.2, 0) is 9.59 Å². The zero-order chi connectivity index (χ0) is 25.4. The van der Waals surface area contributed by atoms with Gasteiger partial charge in [-0.2, -0.15) is 13.2 Å². The first-order chi connectivity index (χ1) is 17.3. The van der Waals surface area contributed by atoms with E-state index in [9.17, 15) is 22.8 Å². The second-order valence-electron chi connectivity index (χ2n) is 9.37. The van der Waals surface area contributed by atoms with Crippen molar-refractivity contribution in [1.82, 2.24) is 15.8 Å². The second kappa shape index (κ2) is 9.50. The lowest BCUT2D eigenvalue weighted by Gasteiger charge is -2.35. The zero-order valence-corrected chi connectivity index (χ0v) is 19.8. The van der Waals surface area contributed by atoms with Crippen molar-refractivity contribution in [3.8, 4) is 0 Å². The number of amides is 2. The molecule has 0 saturated carbocycles. The number of hydrogen-bond acceptors (Lipinski definition) is 5. The summed E-state index contributed by atoms with van der Waals surface area (Å²) < 4.78 is 42.0. The molecule has 0 spiro atoms. The van der Waals surface area contributed by atoms with Crippen molar-refractivity contribution in [1.29, 1.82) is 0 Å². The fourth-order valence-electron chi connectivity index (χ4n) is 5.34. The van der Waals surface area contributed by atoms with Gasteiger partial charge in [-0.15, -0.1) is 0 Å². The average Bonchev–Trinajstić information content (AvgIpc) is 3.26. The summed E-state index contributed by atoms with van der Waals surface area (Å²) in [6.07, 6.45) is -2.34. The summed E-state index contributed by atoms with van der Waals surface area (Å²) in [5.41, 5.74) is 4.21. The van der Waals surface area contributed by atoms with Crippen molar-refractivity contribution in [2.75, 3.05) is 23.3 Å². The van der Waals surface area contributed by atoms with Gasteiger partial charge in [-0.05, 0) is 43.9 Å². The molecule has 7 nitrogen and oxygen atoms in total. The minimum atomic E-state index is -4.61. The molecule has 36 heavy (non-hydrogen) atoms. The molecule has 0 aromatic heterocycles. The highest BCUT2D eigenvalue weighted by atomic mass is 19.4. The van der Waals surface area contributed by atoms with Crippen molar-refractivity contribution in [2.45, 2.75) is 50.5 Å². The van der Waals surface area contributed by atoms with Gasteiger partial charge >= 0.3 is 6.18 Å². The first kappa shape index (κ1) is 24.2. The van der Waals surface area contributed by atoms with E-state index < -0.39 is 36.1 Å². The molecule has 3 aliphatic rings. The van der Waals surface area contributed by atoms with Crippen LogP contribution in [0.4, 0.5) is 24.5 Å². The number of hydrazine groups is 1.